The molecule has 0 saturated heterocycles. The first-order valence-electron chi connectivity index (χ1n) is 7.86. The zero-order valence-electron chi connectivity index (χ0n) is 14.1. The number of carbonyl (C=O) groups is 1. The summed E-state index contributed by atoms with van der Waals surface area (Å²) in [6, 6.07) is 6.82. The molecule has 0 saturated carbocycles. The Morgan fingerprint density at radius 2 is 2.27 bits per heavy atom. The van der Waals surface area contributed by atoms with Crippen LogP contribution in [0.3, 0.4) is 0 Å². The van der Waals surface area contributed by atoms with Crippen molar-refractivity contribution in [2.45, 2.75) is 19.9 Å². The molecule has 2 aromatic heterocycles. The molecule has 1 aromatic carbocycles. The largest absolute Gasteiger partial charge is 0.438 e. The minimum absolute atomic E-state index is 0.0952. The van der Waals surface area contributed by atoms with Crippen LogP contribution in [0.2, 0.25) is 0 Å². The maximum Gasteiger partial charge on any atom is 0.267 e. The van der Waals surface area contributed by atoms with Gasteiger partial charge >= 0.3 is 0 Å². The predicted octanol–water partition coefficient (Wildman–Crippen LogP) is 2.05. The lowest BCUT2D eigenvalue weighted by atomic mass is 10.0. The van der Waals surface area contributed by atoms with Crippen LogP contribution >= 0.6 is 0 Å². The highest BCUT2D eigenvalue weighted by atomic mass is 16.5. The number of aromatic nitrogens is 4. The zero-order valence-corrected chi connectivity index (χ0v) is 14.1. The van der Waals surface area contributed by atoms with Crippen LogP contribution in [0.1, 0.15) is 37.0 Å². The van der Waals surface area contributed by atoms with E-state index in [-0.39, 0.29) is 12.0 Å². The Morgan fingerprint density at radius 3 is 2.96 bits per heavy atom. The van der Waals surface area contributed by atoms with Crippen LogP contribution in [-0.2, 0) is 4.79 Å². The van der Waals surface area contributed by atoms with Gasteiger partial charge in [-0.3, -0.25) is 10.0 Å². The zero-order chi connectivity index (χ0) is 18.7. The molecule has 0 radical (unpaired) electrons. The van der Waals surface area contributed by atoms with Crippen LogP contribution in [0.4, 0.5) is 0 Å². The fourth-order valence-corrected chi connectivity index (χ4v) is 2.55. The van der Waals surface area contributed by atoms with Gasteiger partial charge in [0, 0.05) is 6.08 Å². The lowest BCUT2D eigenvalue weighted by Crippen LogP contribution is -2.17. The number of benzene rings is 1. The maximum absolute atomic E-state index is 11.1. The number of oxazole rings is 1. The number of amides is 1. The van der Waals surface area contributed by atoms with E-state index in [2.05, 4.69) is 21.4 Å². The number of hydrogen-bond acceptors (Lipinski definition) is 7. The third kappa shape index (κ3) is 3.45. The van der Waals surface area contributed by atoms with Crippen molar-refractivity contribution in [1.82, 2.24) is 25.5 Å². The molecule has 0 fully saturated rings. The van der Waals surface area contributed by atoms with E-state index in [1.165, 1.54) is 11.6 Å². The van der Waals surface area contributed by atoms with Crippen LogP contribution < -0.4 is 5.48 Å². The number of rotatable bonds is 5. The monoisotopic (exact) mass is 352 g/mol. The van der Waals surface area contributed by atoms with Gasteiger partial charge in [-0.15, -0.1) is 5.10 Å². The second-order valence-corrected chi connectivity index (χ2v) is 5.97. The van der Waals surface area contributed by atoms with Gasteiger partial charge < -0.3 is 4.42 Å². The highest BCUT2D eigenvalue weighted by Gasteiger charge is 2.25. The Bertz CT molecular complexity index is 1010. The number of fused-ring (bicyclic) bond motifs is 1. The van der Waals surface area contributed by atoms with Gasteiger partial charge in [0.1, 0.15) is 17.3 Å². The average molecular weight is 352 g/mol. The smallest absolute Gasteiger partial charge is 0.267 e. The van der Waals surface area contributed by atoms with Gasteiger partial charge in [-0.05, 0) is 30.2 Å². The van der Waals surface area contributed by atoms with E-state index in [0.29, 0.717) is 28.2 Å². The van der Waals surface area contributed by atoms with Crippen molar-refractivity contribution in [1.29, 1.82) is 5.26 Å². The first-order valence-corrected chi connectivity index (χ1v) is 7.86. The van der Waals surface area contributed by atoms with Gasteiger partial charge in [0.25, 0.3) is 5.91 Å². The van der Waals surface area contributed by atoms with Gasteiger partial charge in [0.15, 0.2) is 5.58 Å². The standard InChI is InChI=1S/C17H16N6O3/c1-10(2)16(23-9-12(20-22-23)4-6-15(24)21-25)17-19-13-7-11(8-18)3-5-14(13)26-17/h3-7,9-10,16,25H,1-2H3,(H,21,24)/b6-4+. The molecule has 2 heterocycles. The van der Waals surface area contributed by atoms with Crippen molar-refractivity contribution >= 4 is 23.1 Å². The summed E-state index contributed by atoms with van der Waals surface area (Å²) in [4.78, 5) is 15.6. The van der Waals surface area contributed by atoms with Crippen molar-refractivity contribution in [3.63, 3.8) is 0 Å². The number of nitrogens with one attached hydrogen (secondary N) is 1. The Labute approximate surface area is 148 Å². The summed E-state index contributed by atoms with van der Waals surface area (Å²) in [7, 11) is 0. The van der Waals surface area contributed by atoms with Gasteiger partial charge in [0.2, 0.25) is 5.89 Å². The third-order valence-electron chi connectivity index (χ3n) is 3.75. The summed E-state index contributed by atoms with van der Waals surface area (Å²) >= 11 is 0. The van der Waals surface area contributed by atoms with Crippen molar-refractivity contribution in [2.24, 2.45) is 5.92 Å². The van der Waals surface area contributed by atoms with E-state index in [9.17, 15) is 4.79 Å². The summed E-state index contributed by atoms with van der Waals surface area (Å²) in [6.07, 6.45) is 4.22. The maximum atomic E-state index is 11.1. The highest BCUT2D eigenvalue weighted by molar-refractivity contribution is 5.90. The molecular weight excluding hydrogens is 336 g/mol. The Balaban J connectivity index is 1.95. The Hall–Kier alpha value is -3.51. The van der Waals surface area contributed by atoms with Crippen LogP contribution in [0.15, 0.2) is 34.9 Å². The van der Waals surface area contributed by atoms with Crippen molar-refractivity contribution in [2.75, 3.05) is 0 Å². The number of hydroxylamine groups is 1. The van der Waals surface area contributed by atoms with Crippen LogP contribution in [-0.4, -0.2) is 31.1 Å². The van der Waals surface area contributed by atoms with E-state index in [1.54, 1.807) is 29.1 Å². The molecule has 0 spiro atoms. The highest BCUT2D eigenvalue weighted by Crippen LogP contribution is 2.28. The molecule has 26 heavy (non-hydrogen) atoms. The first-order chi connectivity index (χ1) is 12.5. The number of nitrogens with zero attached hydrogens (tertiary/aromatic N) is 5. The lowest BCUT2D eigenvalue weighted by molar-refractivity contribution is -0.124. The minimum atomic E-state index is -0.660. The fraction of sp³-hybridized carbons (Fsp3) is 0.235. The van der Waals surface area contributed by atoms with E-state index >= 15 is 0 Å². The number of carbonyl (C=O) groups excluding carboxylic acids is 1. The summed E-state index contributed by atoms with van der Waals surface area (Å²) in [5.41, 5.74) is 3.65. The van der Waals surface area contributed by atoms with Crippen LogP contribution in [0.5, 0.6) is 0 Å². The Kier molecular flexibility index (Phi) is 4.77. The second-order valence-electron chi connectivity index (χ2n) is 5.97. The molecule has 3 rings (SSSR count). The second kappa shape index (κ2) is 7.16. The molecule has 0 aliphatic rings. The minimum Gasteiger partial charge on any atom is -0.438 e. The summed E-state index contributed by atoms with van der Waals surface area (Å²) in [6.45, 7) is 3.99. The van der Waals surface area contributed by atoms with Gasteiger partial charge in [-0.2, -0.15) is 5.26 Å². The molecular formula is C17H16N6O3. The van der Waals surface area contributed by atoms with Crippen molar-refractivity contribution in [3.8, 4) is 6.07 Å². The van der Waals surface area contributed by atoms with E-state index < -0.39 is 5.91 Å². The molecule has 1 amide bonds. The number of nitriles is 1. The Morgan fingerprint density at radius 1 is 1.46 bits per heavy atom. The van der Waals surface area contributed by atoms with Crippen LogP contribution in [0.25, 0.3) is 17.2 Å². The fourth-order valence-electron chi connectivity index (χ4n) is 2.55. The molecule has 1 unspecified atom stereocenters. The quantitative estimate of drug-likeness (QED) is 0.408. The predicted molar refractivity (Wildman–Crippen MR) is 90.7 cm³/mol. The lowest BCUT2D eigenvalue weighted by Gasteiger charge is -2.16. The summed E-state index contributed by atoms with van der Waals surface area (Å²) < 4.78 is 7.45. The number of hydrogen-bond donors (Lipinski definition) is 2. The molecule has 0 aliphatic heterocycles. The van der Waals surface area contributed by atoms with Gasteiger partial charge in [-0.25, -0.2) is 15.1 Å². The van der Waals surface area contributed by atoms with E-state index in [0.717, 1.165) is 6.08 Å². The molecule has 1 atom stereocenters. The SMILES string of the molecule is CC(C)C(c1nc2cc(C#N)ccc2o1)n1cc(/C=C/C(=O)NO)nn1. The van der Waals surface area contributed by atoms with E-state index in [4.69, 9.17) is 14.9 Å². The molecule has 2 N–H and O–H groups in total. The normalized spacial score (nSPS) is 12.6. The van der Waals surface area contributed by atoms with Crippen molar-refractivity contribution in [3.05, 3.63) is 47.6 Å². The topological polar surface area (TPSA) is 130 Å². The van der Waals surface area contributed by atoms with Gasteiger partial charge in [0.05, 0.1) is 17.8 Å². The molecule has 9 heteroatoms. The molecule has 9 nitrogen and oxygen atoms in total. The molecule has 0 bridgehead atoms. The van der Waals surface area contributed by atoms with E-state index in [1.807, 2.05) is 13.8 Å². The molecule has 3 aromatic rings. The first kappa shape index (κ1) is 17.3. The third-order valence-corrected chi connectivity index (χ3v) is 3.75. The van der Waals surface area contributed by atoms with Crippen LogP contribution in [0, 0.1) is 17.2 Å². The summed E-state index contributed by atoms with van der Waals surface area (Å²) in [5, 5.41) is 25.6. The van der Waals surface area contributed by atoms with Crippen molar-refractivity contribution < 1.29 is 14.4 Å². The molecule has 132 valence electrons. The average Bonchev–Trinajstić information content (AvgIpc) is 3.25. The summed E-state index contributed by atoms with van der Waals surface area (Å²) in [5.74, 6) is -0.108. The molecule has 0 aliphatic carbocycles. The van der Waals surface area contributed by atoms with Gasteiger partial charge in [-0.1, -0.05) is 19.1 Å².